The Bertz CT molecular complexity index is 422. The maximum absolute atomic E-state index is 12.2. The average Bonchev–Trinajstić information content (AvgIpc) is 2.29. The summed E-state index contributed by atoms with van der Waals surface area (Å²) in [6.07, 6.45) is -0.521. The third kappa shape index (κ3) is 3.71. The number of amides is 1. The Labute approximate surface area is 119 Å². The van der Waals surface area contributed by atoms with Gasteiger partial charge in [-0.25, -0.2) is 4.79 Å². The van der Waals surface area contributed by atoms with Crippen LogP contribution in [0.3, 0.4) is 0 Å². The van der Waals surface area contributed by atoms with Crippen molar-refractivity contribution in [3.05, 3.63) is 0 Å². The first-order valence-corrected chi connectivity index (χ1v) is 6.58. The minimum atomic E-state index is -0.948. The molecule has 1 heterocycles. The number of ketones is 1. The first-order chi connectivity index (χ1) is 8.98. The van der Waals surface area contributed by atoms with E-state index in [9.17, 15) is 14.4 Å². The van der Waals surface area contributed by atoms with Crippen LogP contribution in [0.1, 0.15) is 34.6 Å². The van der Waals surface area contributed by atoms with Crippen LogP contribution >= 0.6 is 0 Å². The second-order valence-electron chi connectivity index (χ2n) is 6.68. The van der Waals surface area contributed by atoms with Crippen LogP contribution < -0.4 is 0 Å². The number of ether oxygens (including phenoxy) is 2. The van der Waals surface area contributed by atoms with Crippen LogP contribution in [0.4, 0.5) is 4.79 Å². The molecule has 0 saturated carbocycles. The predicted octanol–water partition coefficient (Wildman–Crippen LogP) is 1.62. The quantitative estimate of drug-likeness (QED) is 0.540. The lowest BCUT2D eigenvalue weighted by atomic mass is 9.77. The van der Waals surface area contributed by atoms with E-state index in [0.717, 1.165) is 0 Å². The number of methoxy groups -OCH3 is 1. The van der Waals surface area contributed by atoms with E-state index in [1.54, 1.807) is 34.6 Å². The molecule has 1 atom stereocenters. The van der Waals surface area contributed by atoms with Gasteiger partial charge in [-0.1, -0.05) is 13.8 Å². The molecule has 0 N–H and O–H groups in total. The van der Waals surface area contributed by atoms with Crippen molar-refractivity contribution in [3.8, 4) is 0 Å². The van der Waals surface area contributed by atoms with Crippen molar-refractivity contribution < 1.29 is 23.9 Å². The highest BCUT2D eigenvalue weighted by Crippen LogP contribution is 2.30. The molecule has 0 unspecified atom stereocenters. The SMILES string of the molecule is COC(=O)[C@H]1CN(C(=O)OC(C)(C)C)CC(C)(C)C1=O. The normalized spacial score (nSPS) is 22.4. The van der Waals surface area contributed by atoms with Crippen molar-refractivity contribution in [3.63, 3.8) is 0 Å². The lowest BCUT2D eigenvalue weighted by molar-refractivity contribution is -0.156. The van der Waals surface area contributed by atoms with Crippen molar-refractivity contribution in [2.45, 2.75) is 40.2 Å². The van der Waals surface area contributed by atoms with Crippen LogP contribution in [-0.4, -0.2) is 48.5 Å². The summed E-state index contributed by atoms with van der Waals surface area (Å²) < 4.78 is 9.93. The highest BCUT2D eigenvalue weighted by molar-refractivity contribution is 6.03. The Morgan fingerprint density at radius 2 is 1.85 bits per heavy atom. The molecule has 1 aliphatic rings. The van der Waals surface area contributed by atoms with Gasteiger partial charge in [-0.2, -0.15) is 0 Å². The summed E-state index contributed by atoms with van der Waals surface area (Å²) in [6.45, 7) is 8.95. The van der Waals surface area contributed by atoms with Gasteiger partial charge in [0.25, 0.3) is 0 Å². The van der Waals surface area contributed by atoms with E-state index >= 15 is 0 Å². The number of carbonyl (C=O) groups excluding carboxylic acids is 3. The minimum absolute atomic E-state index is 0.00382. The number of rotatable bonds is 1. The summed E-state index contributed by atoms with van der Waals surface area (Å²) in [5, 5.41) is 0. The molecule has 0 radical (unpaired) electrons. The van der Waals surface area contributed by atoms with Gasteiger partial charge in [-0.3, -0.25) is 9.59 Å². The van der Waals surface area contributed by atoms with Gasteiger partial charge < -0.3 is 14.4 Å². The third-order valence-electron chi connectivity index (χ3n) is 3.11. The summed E-state index contributed by atoms with van der Waals surface area (Å²) in [6, 6.07) is 0. The first-order valence-electron chi connectivity index (χ1n) is 6.58. The number of nitrogens with zero attached hydrogens (tertiary/aromatic N) is 1. The highest BCUT2D eigenvalue weighted by atomic mass is 16.6. The molecule has 0 aliphatic carbocycles. The Morgan fingerprint density at radius 3 is 2.30 bits per heavy atom. The molecule has 6 nitrogen and oxygen atoms in total. The zero-order valence-corrected chi connectivity index (χ0v) is 13.0. The standard InChI is InChI=1S/C14H23NO5/c1-13(2,3)20-12(18)15-7-9(11(17)19-6)10(16)14(4,5)8-15/h9H,7-8H2,1-6H3/t9-/m0/s1. The van der Waals surface area contributed by atoms with Gasteiger partial charge in [0.2, 0.25) is 0 Å². The number of hydrogen-bond acceptors (Lipinski definition) is 5. The van der Waals surface area contributed by atoms with E-state index in [0.29, 0.717) is 0 Å². The Kier molecular flexibility index (Phi) is 4.46. The predicted molar refractivity (Wildman–Crippen MR) is 72.1 cm³/mol. The fourth-order valence-corrected chi connectivity index (χ4v) is 2.18. The number of piperidine rings is 1. The lowest BCUT2D eigenvalue weighted by Gasteiger charge is -2.40. The average molecular weight is 285 g/mol. The second-order valence-corrected chi connectivity index (χ2v) is 6.68. The minimum Gasteiger partial charge on any atom is -0.468 e. The Hall–Kier alpha value is -1.59. The summed E-state index contributed by atoms with van der Waals surface area (Å²) in [5.74, 6) is -1.77. The Balaban J connectivity index is 2.93. The molecule has 1 rings (SSSR count). The van der Waals surface area contributed by atoms with E-state index in [4.69, 9.17) is 4.74 Å². The summed E-state index contributed by atoms with van der Waals surface area (Å²) in [7, 11) is 1.23. The largest absolute Gasteiger partial charge is 0.468 e. The van der Waals surface area contributed by atoms with Crippen molar-refractivity contribution in [1.82, 2.24) is 4.90 Å². The molecule has 0 aromatic heterocycles. The molecule has 20 heavy (non-hydrogen) atoms. The van der Waals surface area contributed by atoms with Crippen LogP contribution in [0.15, 0.2) is 0 Å². The number of hydrogen-bond donors (Lipinski definition) is 0. The van der Waals surface area contributed by atoms with Gasteiger partial charge in [0.1, 0.15) is 11.5 Å². The maximum Gasteiger partial charge on any atom is 0.410 e. The van der Waals surface area contributed by atoms with Crippen LogP contribution in [-0.2, 0) is 19.1 Å². The summed E-state index contributed by atoms with van der Waals surface area (Å²) in [5.41, 5.74) is -1.42. The monoisotopic (exact) mass is 285 g/mol. The molecule has 114 valence electrons. The number of likely N-dealkylation sites (tertiary alicyclic amines) is 1. The van der Waals surface area contributed by atoms with Gasteiger partial charge in [0.15, 0.2) is 5.78 Å². The zero-order valence-electron chi connectivity index (χ0n) is 13.0. The van der Waals surface area contributed by atoms with Crippen LogP contribution in [0.25, 0.3) is 0 Å². The molecule has 1 fully saturated rings. The van der Waals surface area contributed by atoms with E-state index in [-0.39, 0.29) is 18.9 Å². The number of esters is 1. The molecule has 0 aromatic carbocycles. The zero-order chi connectivity index (χ0) is 15.7. The molecule has 1 saturated heterocycles. The van der Waals surface area contributed by atoms with Gasteiger partial charge in [-0.05, 0) is 20.8 Å². The summed E-state index contributed by atoms with van der Waals surface area (Å²) >= 11 is 0. The topological polar surface area (TPSA) is 72.9 Å². The molecule has 6 heteroatoms. The molecule has 1 amide bonds. The second kappa shape index (κ2) is 5.42. The lowest BCUT2D eigenvalue weighted by Crippen LogP contribution is -2.56. The molecular formula is C14H23NO5. The van der Waals surface area contributed by atoms with Crippen molar-refractivity contribution in [2.24, 2.45) is 11.3 Å². The van der Waals surface area contributed by atoms with E-state index in [1.807, 2.05) is 0 Å². The summed E-state index contributed by atoms with van der Waals surface area (Å²) in [4.78, 5) is 37.4. The molecular weight excluding hydrogens is 262 g/mol. The number of Topliss-reactive ketones (excluding diaryl/α,β-unsaturated/α-hetero) is 1. The molecule has 1 aliphatic heterocycles. The molecule has 0 spiro atoms. The van der Waals surface area contributed by atoms with Gasteiger partial charge >= 0.3 is 12.1 Å². The van der Waals surface area contributed by atoms with Gasteiger partial charge in [-0.15, -0.1) is 0 Å². The highest BCUT2D eigenvalue weighted by Gasteiger charge is 2.46. The van der Waals surface area contributed by atoms with Crippen LogP contribution in [0.5, 0.6) is 0 Å². The van der Waals surface area contributed by atoms with E-state index in [1.165, 1.54) is 12.0 Å². The van der Waals surface area contributed by atoms with Gasteiger partial charge in [0.05, 0.1) is 7.11 Å². The fourth-order valence-electron chi connectivity index (χ4n) is 2.18. The van der Waals surface area contributed by atoms with E-state index < -0.39 is 29.0 Å². The van der Waals surface area contributed by atoms with Crippen molar-refractivity contribution >= 4 is 17.8 Å². The Morgan fingerprint density at radius 1 is 1.30 bits per heavy atom. The van der Waals surface area contributed by atoms with Crippen molar-refractivity contribution in [2.75, 3.05) is 20.2 Å². The molecule has 0 bridgehead atoms. The first kappa shape index (κ1) is 16.5. The fraction of sp³-hybridized carbons (Fsp3) is 0.786. The third-order valence-corrected chi connectivity index (χ3v) is 3.11. The van der Waals surface area contributed by atoms with E-state index in [2.05, 4.69) is 4.74 Å². The maximum atomic E-state index is 12.2. The van der Waals surface area contributed by atoms with Crippen LogP contribution in [0.2, 0.25) is 0 Å². The number of carbonyl (C=O) groups is 3. The van der Waals surface area contributed by atoms with Crippen LogP contribution in [0, 0.1) is 11.3 Å². The van der Waals surface area contributed by atoms with Gasteiger partial charge in [0, 0.05) is 18.5 Å². The molecule has 0 aromatic rings. The smallest absolute Gasteiger partial charge is 0.410 e. The van der Waals surface area contributed by atoms with Crippen molar-refractivity contribution in [1.29, 1.82) is 0 Å².